The number of hydrogen-bond donors (Lipinski definition) is 1. The van der Waals surface area contributed by atoms with Crippen LogP contribution in [0.1, 0.15) is 50.3 Å². The second-order valence-electron chi connectivity index (χ2n) is 14.2. The number of dihydropyridines is 1. The summed E-state index contributed by atoms with van der Waals surface area (Å²) in [6.45, 7) is 13.6. The van der Waals surface area contributed by atoms with Gasteiger partial charge in [-0.15, -0.1) is 0 Å². The van der Waals surface area contributed by atoms with Crippen molar-refractivity contribution in [2.45, 2.75) is 33.6 Å². The highest BCUT2D eigenvalue weighted by molar-refractivity contribution is 6.13. The van der Waals surface area contributed by atoms with Gasteiger partial charge in [0.25, 0.3) is 0 Å². The third-order valence-electron chi connectivity index (χ3n) is 10.3. The van der Waals surface area contributed by atoms with Gasteiger partial charge in [-0.05, 0) is 109 Å². The van der Waals surface area contributed by atoms with Gasteiger partial charge in [-0.1, -0.05) is 73.4 Å². The highest BCUT2D eigenvalue weighted by Gasteiger charge is 2.24. The Morgan fingerprint density at radius 2 is 1.70 bits per heavy atom. The van der Waals surface area contributed by atoms with Crippen molar-refractivity contribution < 1.29 is 0 Å². The molecule has 0 aliphatic carbocycles. The van der Waals surface area contributed by atoms with Gasteiger partial charge in [0.15, 0.2) is 0 Å². The maximum Gasteiger partial charge on any atom is 0.142 e. The summed E-state index contributed by atoms with van der Waals surface area (Å²) >= 11 is 0. The smallest absolute Gasteiger partial charge is 0.142 e. The zero-order valence-corrected chi connectivity index (χ0v) is 33.6. The van der Waals surface area contributed by atoms with Gasteiger partial charge in [-0.3, -0.25) is 15.0 Å². The maximum atomic E-state index is 5.23. The van der Waals surface area contributed by atoms with Crippen molar-refractivity contribution in [1.82, 2.24) is 24.8 Å². The molecule has 7 nitrogen and oxygen atoms in total. The van der Waals surface area contributed by atoms with Crippen molar-refractivity contribution in [3.63, 3.8) is 0 Å². The molecule has 1 atom stereocenters. The lowest BCUT2D eigenvalue weighted by molar-refractivity contribution is 0.844. The van der Waals surface area contributed by atoms with Crippen LogP contribution < -0.4 is 10.2 Å². The third-order valence-corrected chi connectivity index (χ3v) is 10.3. The number of para-hydroxylation sites is 1. The van der Waals surface area contributed by atoms with E-state index in [4.69, 9.17) is 4.98 Å². The summed E-state index contributed by atoms with van der Waals surface area (Å²) in [5.41, 5.74) is 13.7. The van der Waals surface area contributed by atoms with Crippen LogP contribution in [-0.4, -0.2) is 46.4 Å². The van der Waals surface area contributed by atoms with Crippen molar-refractivity contribution in [1.29, 1.82) is 0 Å². The lowest BCUT2D eigenvalue weighted by atomic mass is 9.93. The monoisotopic (exact) mass is 747 g/mol. The molecular formula is C50H49N7. The van der Waals surface area contributed by atoms with E-state index in [1.165, 1.54) is 5.56 Å². The van der Waals surface area contributed by atoms with E-state index < -0.39 is 0 Å². The molecule has 1 N–H and O–H groups in total. The van der Waals surface area contributed by atoms with E-state index >= 15 is 0 Å². The van der Waals surface area contributed by atoms with Crippen LogP contribution in [0.25, 0.3) is 49.8 Å². The first kappa shape index (κ1) is 38.4. The van der Waals surface area contributed by atoms with Gasteiger partial charge < -0.3 is 14.8 Å². The number of nitrogens with one attached hydrogen (secondary N) is 1. The lowest BCUT2D eigenvalue weighted by Crippen LogP contribution is -2.19. The molecule has 0 radical (unpaired) electrons. The van der Waals surface area contributed by atoms with Gasteiger partial charge in [-0.25, -0.2) is 4.98 Å². The van der Waals surface area contributed by atoms with E-state index in [9.17, 15) is 0 Å². The maximum absolute atomic E-state index is 5.23. The van der Waals surface area contributed by atoms with E-state index in [1.54, 1.807) is 6.20 Å². The summed E-state index contributed by atoms with van der Waals surface area (Å²) in [5, 5.41) is 5.44. The van der Waals surface area contributed by atoms with Gasteiger partial charge in [0.05, 0.1) is 11.0 Å². The van der Waals surface area contributed by atoms with E-state index in [2.05, 4.69) is 155 Å². The molecule has 1 unspecified atom stereocenters. The van der Waals surface area contributed by atoms with Crippen LogP contribution in [0, 0.1) is 0 Å². The first-order chi connectivity index (χ1) is 27.8. The summed E-state index contributed by atoms with van der Waals surface area (Å²) in [7, 11) is 4.01. The number of aliphatic imine (C=N–C) groups is 1. The van der Waals surface area contributed by atoms with Crippen LogP contribution in [0.2, 0.25) is 0 Å². The van der Waals surface area contributed by atoms with E-state index in [-0.39, 0.29) is 5.92 Å². The molecule has 7 heteroatoms. The number of likely N-dealkylation sites (N-methyl/N-ethyl adjacent to an activating group) is 1. The number of aromatic nitrogens is 4. The Hall–Kier alpha value is -6.86. The summed E-state index contributed by atoms with van der Waals surface area (Å²) < 4.78 is 2.39. The molecule has 0 spiro atoms. The fourth-order valence-electron chi connectivity index (χ4n) is 7.57. The van der Waals surface area contributed by atoms with E-state index in [1.807, 2.05) is 69.4 Å². The number of nitrogens with zero attached hydrogens (tertiary/aromatic N) is 6. The molecule has 5 heterocycles. The first-order valence-corrected chi connectivity index (χ1v) is 19.3. The number of rotatable bonds is 12. The molecule has 0 saturated heterocycles. The molecule has 0 bridgehead atoms. The fraction of sp³-hybridized carbons (Fsp3) is 0.160. The number of fused-ring (bicyclic) bond motifs is 3. The second kappa shape index (κ2) is 17.3. The highest BCUT2D eigenvalue weighted by atomic mass is 15.2. The molecule has 2 aromatic carbocycles. The Kier molecular flexibility index (Phi) is 11.7. The molecule has 6 aromatic rings. The van der Waals surface area contributed by atoms with Crippen molar-refractivity contribution in [2.24, 2.45) is 4.99 Å². The predicted octanol–water partition coefficient (Wildman–Crippen LogP) is 11.4. The molecule has 284 valence electrons. The normalized spacial score (nSPS) is 15.2. The van der Waals surface area contributed by atoms with Gasteiger partial charge >= 0.3 is 0 Å². The van der Waals surface area contributed by atoms with Gasteiger partial charge in [0.2, 0.25) is 0 Å². The van der Waals surface area contributed by atoms with Crippen molar-refractivity contribution in [2.75, 3.05) is 25.5 Å². The third kappa shape index (κ3) is 7.96. The summed E-state index contributed by atoms with van der Waals surface area (Å²) in [5.74, 6) is 0.968. The highest BCUT2D eigenvalue weighted by Crippen LogP contribution is 2.41. The fourth-order valence-corrected chi connectivity index (χ4v) is 7.57. The van der Waals surface area contributed by atoms with Crippen LogP contribution >= 0.6 is 0 Å². The molecule has 0 saturated carbocycles. The van der Waals surface area contributed by atoms with Crippen LogP contribution in [0.3, 0.4) is 0 Å². The topological polar surface area (TPSA) is 71.2 Å². The minimum Gasteiger partial charge on any atom is -0.393 e. The van der Waals surface area contributed by atoms with Crippen molar-refractivity contribution in [3.8, 4) is 16.8 Å². The number of allylic oxidation sites excluding steroid dienone is 10. The Bertz CT molecular complexity index is 2650. The summed E-state index contributed by atoms with van der Waals surface area (Å²) in [6.07, 6.45) is 28.4. The SMILES string of the molecule is C=C(C)c1c(N(C)C(/C=C(\C=C(/C)c2cccnc2)C(/C=C\C)=C/NC)=C/C)ncc2c3ccccc3n(-c3cc(-c4cccnc4)cc(C4C=CC=NC4)c3)c12. The van der Waals surface area contributed by atoms with Crippen LogP contribution in [0.4, 0.5) is 5.82 Å². The van der Waals surface area contributed by atoms with Crippen LogP contribution in [-0.2, 0) is 0 Å². The Labute approximate surface area is 336 Å². The van der Waals surface area contributed by atoms with Gasteiger partial charge in [0, 0.05) is 103 Å². The lowest BCUT2D eigenvalue weighted by Gasteiger charge is -2.25. The molecule has 4 aromatic heterocycles. The van der Waals surface area contributed by atoms with Crippen LogP contribution in [0.5, 0.6) is 0 Å². The average molecular weight is 748 g/mol. The molecule has 1 aliphatic heterocycles. The average Bonchev–Trinajstić information content (AvgIpc) is 3.59. The van der Waals surface area contributed by atoms with Gasteiger partial charge in [0.1, 0.15) is 5.82 Å². The molecule has 7 rings (SSSR count). The molecule has 0 fully saturated rings. The Morgan fingerprint density at radius 3 is 2.39 bits per heavy atom. The van der Waals surface area contributed by atoms with Crippen molar-refractivity contribution >= 4 is 45.0 Å². The quantitative estimate of drug-likeness (QED) is 0.126. The van der Waals surface area contributed by atoms with E-state index in [0.29, 0.717) is 6.54 Å². The Morgan fingerprint density at radius 1 is 0.895 bits per heavy atom. The summed E-state index contributed by atoms with van der Waals surface area (Å²) in [6, 6.07) is 23.6. The second-order valence-corrected chi connectivity index (χ2v) is 14.2. The van der Waals surface area contributed by atoms with E-state index in [0.717, 1.165) is 83.6 Å². The van der Waals surface area contributed by atoms with Crippen molar-refractivity contribution in [3.05, 3.63) is 187 Å². The molecule has 1 aliphatic rings. The van der Waals surface area contributed by atoms with Gasteiger partial charge in [-0.2, -0.15) is 0 Å². The number of benzene rings is 2. The Balaban J connectivity index is 1.46. The zero-order valence-electron chi connectivity index (χ0n) is 33.6. The number of anilines is 1. The largest absolute Gasteiger partial charge is 0.393 e. The molecule has 0 amide bonds. The number of pyridine rings is 3. The minimum absolute atomic E-state index is 0.154. The zero-order chi connectivity index (χ0) is 39.9. The first-order valence-electron chi connectivity index (χ1n) is 19.3. The molecule has 57 heavy (non-hydrogen) atoms. The summed E-state index contributed by atoms with van der Waals surface area (Å²) in [4.78, 5) is 20.9. The molecular weight excluding hydrogens is 699 g/mol. The van der Waals surface area contributed by atoms with Crippen LogP contribution in [0.15, 0.2) is 175 Å². The minimum atomic E-state index is 0.154. The number of hydrogen-bond acceptors (Lipinski definition) is 6. The predicted molar refractivity (Wildman–Crippen MR) is 242 cm³/mol. The standard InChI is InChI=1S/C50H49N7/c1-8-15-37(29-51-6)40(24-35(5)36-16-12-21-52-30-36)26-43(9-2)56(7)50-48(34(3)4)49-46(33-55-50)45-19-10-11-20-47(45)57(49)44-27-41(38-17-13-22-53-31-38)25-42(28-44)39-18-14-23-54-32-39/h8-31,33,39,51H,3,32H2,1-2,4-7H3/b15-8-,35-24+,37-29+,40-26+,43-9+.